The quantitative estimate of drug-likeness (QED) is 0.262. The van der Waals surface area contributed by atoms with Gasteiger partial charge in [0.15, 0.2) is 0 Å². The fourth-order valence-corrected chi connectivity index (χ4v) is 4.71. The molecule has 170 valence electrons. The van der Waals surface area contributed by atoms with Crippen molar-refractivity contribution in [1.29, 1.82) is 0 Å². The highest BCUT2D eigenvalue weighted by molar-refractivity contribution is 5.96. The lowest BCUT2D eigenvalue weighted by Crippen LogP contribution is -1.84. The molecule has 0 saturated heterocycles. The van der Waals surface area contributed by atoms with Crippen molar-refractivity contribution in [3.05, 3.63) is 122 Å². The molecule has 0 aliphatic heterocycles. The van der Waals surface area contributed by atoms with Gasteiger partial charge in [0.05, 0.1) is 0 Å². The van der Waals surface area contributed by atoms with E-state index in [-0.39, 0.29) is 0 Å². The number of rotatable bonds is 4. The summed E-state index contributed by atoms with van der Waals surface area (Å²) in [5, 5.41) is 4.66. The zero-order valence-electron chi connectivity index (χ0n) is 19.3. The normalized spacial score (nSPS) is 11.3. The van der Waals surface area contributed by atoms with E-state index >= 15 is 0 Å². The second-order valence-electron chi connectivity index (χ2n) is 8.71. The minimum absolute atomic E-state index is 0.577. The van der Waals surface area contributed by atoms with E-state index in [2.05, 4.69) is 48.5 Å². The maximum atomic E-state index is 5.85. The molecule has 0 unspecified atom stereocenters. The Kier molecular flexibility index (Phi) is 4.74. The Bertz CT molecular complexity index is 1700. The number of aromatic nitrogens is 2. The van der Waals surface area contributed by atoms with Crippen molar-refractivity contribution in [1.82, 2.24) is 9.97 Å². The highest BCUT2D eigenvalue weighted by Gasteiger charge is 2.14. The van der Waals surface area contributed by atoms with Crippen LogP contribution >= 0.6 is 0 Å². The predicted octanol–water partition coefficient (Wildman–Crippen LogP) is 8.64. The van der Waals surface area contributed by atoms with Crippen molar-refractivity contribution in [2.45, 2.75) is 0 Å². The Hall–Kier alpha value is -4.96. The topological polar surface area (TPSA) is 52.1 Å². The lowest BCUT2D eigenvalue weighted by Gasteiger charge is -2.03. The Balaban J connectivity index is 1.18. The SMILES string of the molecule is c1ccc2c(-c3coc(-c4ccc(-c5nc(-c6cccc7ccccc67)co5)cc4)n3)cccc2c1. The Morgan fingerprint density at radius 2 is 0.833 bits per heavy atom. The van der Waals surface area contributed by atoms with E-state index in [0.717, 1.165) is 44.4 Å². The van der Waals surface area contributed by atoms with Crippen molar-refractivity contribution < 1.29 is 8.83 Å². The first-order valence-electron chi connectivity index (χ1n) is 11.8. The molecule has 0 N–H and O–H groups in total. The fourth-order valence-electron chi connectivity index (χ4n) is 4.71. The van der Waals surface area contributed by atoms with Gasteiger partial charge in [-0.2, -0.15) is 0 Å². The average molecular weight is 465 g/mol. The van der Waals surface area contributed by atoms with Gasteiger partial charge in [0.2, 0.25) is 11.8 Å². The minimum Gasteiger partial charge on any atom is -0.444 e. The highest BCUT2D eigenvalue weighted by atomic mass is 16.3. The molecule has 5 aromatic carbocycles. The van der Waals surface area contributed by atoms with Gasteiger partial charge in [0.1, 0.15) is 23.9 Å². The van der Waals surface area contributed by atoms with Gasteiger partial charge in [-0.1, -0.05) is 84.9 Å². The van der Waals surface area contributed by atoms with Crippen molar-refractivity contribution in [3.8, 4) is 45.4 Å². The number of fused-ring (bicyclic) bond motifs is 2. The Labute approximate surface area is 207 Å². The van der Waals surface area contributed by atoms with Crippen molar-refractivity contribution in [2.24, 2.45) is 0 Å². The minimum atomic E-state index is 0.577. The molecule has 7 aromatic rings. The number of hydrogen-bond acceptors (Lipinski definition) is 4. The van der Waals surface area contributed by atoms with Crippen LogP contribution in [0.3, 0.4) is 0 Å². The van der Waals surface area contributed by atoms with Gasteiger partial charge >= 0.3 is 0 Å². The third-order valence-electron chi connectivity index (χ3n) is 6.52. The molecule has 7 rings (SSSR count). The molecule has 4 heteroatoms. The van der Waals surface area contributed by atoms with E-state index in [0.29, 0.717) is 11.8 Å². The summed E-state index contributed by atoms with van der Waals surface area (Å²) < 4.78 is 11.7. The molecule has 0 bridgehead atoms. The maximum Gasteiger partial charge on any atom is 0.226 e. The van der Waals surface area contributed by atoms with Crippen LogP contribution in [-0.4, -0.2) is 9.97 Å². The number of oxazole rings is 2. The lowest BCUT2D eigenvalue weighted by atomic mass is 10.0. The Morgan fingerprint density at radius 1 is 0.417 bits per heavy atom. The van der Waals surface area contributed by atoms with Crippen LogP contribution in [0.15, 0.2) is 131 Å². The van der Waals surface area contributed by atoms with Crippen LogP contribution in [0, 0.1) is 0 Å². The van der Waals surface area contributed by atoms with Gasteiger partial charge in [-0.3, -0.25) is 0 Å². The maximum absolute atomic E-state index is 5.85. The summed E-state index contributed by atoms with van der Waals surface area (Å²) in [4.78, 5) is 9.54. The molecule has 0 aliphatic rings. The summed E-state index contributed by atoms with van der Waals surface area (Å²) in [6, 6.07) is 37.0. The third kappa shape index (κ3) is 3.48. The standard InChI is InChI=1S/C32H20N2O2/c1-3-11-25-21(7-1)9-5-13-27(25)29-19-35-31(33-29)23-15-17-24(18-16-23)32-34-30(20-36-32)28-14-6-10-22-8-2-4-12-26(22)28/h1-20H. The van der Waals surface area contributed by atoms with Gasteiger partial charge in [-0.15, -0.1) is 0 Å². The van der Waals surface area contributed by atoms with Crippen LogP contribution < -0.4 is 0 Å². The largest absolute Gasteiger partial charge is 0.444 e. The molecule has 2 aromatic heterocycles. The van der Waals surface area contributed by atoms with Crippen molar-refractivity contribution in [2.75, 3.05) is 0 Å². The Morgan fingerprint density at radius 3 is 1.31 bits per heavy atom. The van der Waals surface area contributed by atoms with E-state index in [4.69, 9.17) is 18.8 Å². The van der Waals surface area contributed by atoms with Crippen LogP contribution in [-0.2, 0) is 0 Å². The monoisotopic (exact) mass is 464 g/mol. The molecule has 0 atom stereocenters. The smallest absolute Gasteiger partial charge is 0.226 e. The summed E-state index contributed by atoms with van der Waals surface area (Å²) in [5.74, 6) is 1.15. The average Bonchev–Trinajstić information content (AvgIpc) is 3.63. The van der Waals surface area contributed by atoms with Crippen molar-refractivity contribution >= 4 is 21.5 Å². The first kappa shape index (κ1) is 20.4. The molecular weight excluding hydrogens is 444 g/mol. The van der Waals surface area contributed by atoms with Crippen LogP contribution in [0.25, 0.3) is 67.0 Å². The summed E-state index contributed by atoms with van der Waals surface area (Å²) in [6.45, 7) is 0. The van der Waals surface area contributed by atoms with E-state index in [1.54, 1.807) is 12.5 Å². The van der Waals surface area contributed by atoms with Gasteiger partial charge in [0, 0.05) is 22.3 Å². The molecule has 0 saturated carbocycles. The summed E-state index contributed by atoms with van der Waals surface area (Å²) in [5.41, 5.74) is 5.54. The molecule has 0 amide bonds. The van der Waals surface area contributed by atoms with Crippen LogP contribution in [0.4, 0.5) is 0 Å². The van der Waals surface area contributed by atoms with Crippen LogP contribution in [0.5, 0.6) is 0 Å². The van der Waals surface area contributed by atoms with Gasteiger partial charge in [-0.25, -0.2) is 9.97 Å². The zero-order valence-corrected chi connectivity index (χ0v) is 19.3. The molecule has 0 spiro atoms. The van der Waals surface area contributed by atoms with Crippen LogP contribution in [0.2, 0.25) is 0 Å². The van der Waals surface area contributed by atoms with Gasteiger partial charge < -0.3 is 8.83 Å². The summed E-state index contributed by atoms with van der Waals surface area (Å²) in [7, 11) is 0. The number of hydrogen-bond donors (Lipinski definition) is 0. The predicted molar refractivity (Wildman–Crippen MR) is 143 cm³/mol. The number of benzene rings is 5. The van der Waals surface area contributed by atoms with Gasteiger partial charge in [0.25, 0.3) is 0 Å². The van der Waals surface area contributed by atoms with Crippen LogP contribution in [0.1, 0.15) is 0 Å². The lowest BCUT2D eigenvalue weighted by molar-refractivity contribution is 0.573. The zero-order chi connectivity index (χ0) is 23.9. The number of nitrogens with zero attached hydrogens (tertiary/aromatic N) is 2. The van der Waals surface area contributed by atoms with E-state index in [9.17, 15) is 0 Å². The first-order valence-corrected chi connectivity index (χ1v) is 11.8. The summed E-state index contributed by atoms with van der Waals surface area (Å²) in [6.07, 6.45) is 3.44. The molecule has 0 fully saturated rings. The molecule has 0 aliphatic carbocycles. The highest BCUT2D eigenvalue weighted by Crippen LogP contribution is 2.33. The molecular formula is C32H20N2O2. The third-order valence-corrected chi connectivity index (χ3v) is 6.52. The van der Waals surface area contributed by atoms with E-state index in [1.807, 2.05) is 60.7 Å². The second-order valence-corrected chi connectivity index (χ2v) is 8.71. The molecule has 4 nitrogen and oxygen atoms in total. The van der Waals surface area contributed by atoms with Gasteiger partial charge in [-0.05, 0) is 45.8 Å². The molecule has 2 heterocycles. The van der Waals surface area contributed by atoms with E-state index in [1.165, 1.54) is 10.8 Å². The molecule has 36 heavy (non-hydrogen) atoms. The first-order chi connectivity index (χ1) is 17.8. The summed E-state index contributed by atoms with van der Waals surface area (Å²) >= 11 is 0. The molecule has 0 radical (unpaired) electrons. The fraction of sp³-hybridized carbons (Fsp3) is 0. The second kappa shape index (κ2) is 8.36. The van der Waals surface area contributed by atoms with E-state index < -0.39 is 0 Å². The van der Waals surface area contributed by atoms with Crippen molar-refractivity contribution in [3.63, 3.8) is 0 Å².